The van der Waals surface area contributed by atoms with Crippen LogP contribution >= 0.6 is 7.26 Å². The minimum atomic E-state index is -2.36. The molecule has 3 nitrogen and oxygen atoms in total. The van der Waals surface area contributed by atoms with Crippen molar-refractivity contribution in [1.29, 1.82) is 0 Å². The number of ether oxygens (including phenoxy) is 1. The molecule has 4 aromatic carbocycles. The molecular weight excluding hydrogens is 539 g/mol. The zero-order valence-electron chi connectivity index (χ0n) is 25.0. The largest absolute Gasteiger partial charge is 0.508 e. The van der Waals surface area contributed by atoms with Crippen LogP contribution in [0.25, 0.3) is 0 Å². The summed E-state index contributed by atoms with van der Waals surface area (Å²) in [5.74, 6) is 1.12. The molecule has 0 spiro atoms. The van der Waals surface area contributed by atoms with E-state index in [0.717, 1.165) is 30.5 Å². The van der Waals surface area contributed by atoms with Gasteiger partial charge in [0.05, 0.1) is 6.61 Å². The lowest BCUT2D eigenvalue weighted by Crippen LogP contribution is -2.39. The molecule has 0 unspecified atom stereocenters. The maximum Gasteiger partial charge on any atom is 0.186 e. The van der Waals surface area contributed by atoms with Gasteiger partial charge in [-0.3, -0.25) is 0 Å². The van der Waals surface area contributed by atoms with E-state index in [2.05, 4.69) is 111 Å². The monoisotopic (exact) mass is 585 g/mol. The van der Waals surface area contributed by atoms with Crippen LogP contribution < -0.4 is 26.0 Å². The van der Waals surface area contributed by atoms with Crippen molar-refractivity contribution >= 4 is 36.8 Å². The van der Waals surface area contributed by atoms with Crippen molar-refractivity contribution in [1.82, 2.24) is 0 Å². The van der Waals surface area contributed by atoms with E-state index in [1.807, 2.05) is 12.1 Å². The average Bonchev–Trinajstić information content (AvgIpc) is 2.99. The van der Waals surface area contributed by atoms with E-state index < -0.39 is 15.6 Å². The summed E-state index contributed by atoms with van der Waals surface area (Å²) in [4.78, 5) is 0. The summed E-state index contributed by atoms with van der Waals surface area (Å²) in [5.41, 5.74) is 0. The van der Waals surface area contributed by atoms with Crippen molar-refractivity contribution in [3.05, 3.63) is 109 Å². The lowest BCUT2D eigenvalue weighted by atomic mass is 10.1. The van der Waals surface area contributed by atoms with Crippen molar-refractivity contribution in [2.24, 2.45) is 0 Å². The van der Waals surface area contributed by atoms with Gasteiger partial charge in [-0.05, 0) is 81.0 Å². The minimum absolute atomic E-state index is 0.259. The Hall–Kier alpha value is -2.91. The van der Waals surface area contributed by atoms with Gasteiger partial charge in [0.2, 0.25) is 0 Å². The SMILES string of the molecule is CCO[Si](C)(C)CCCCCCCCOc1ccc(O)cc1[P+](c1ccccc1)(c1ccccc1)c1ccccc1. The summed E-state index contributed by atoms with van der Waals surface area (Å²) in [6, 6.07) is 39.1. The molecule has 0 aliphatic carbocycles. The predicted molar refractivity (Wildman–Crippen MR) is 180 cm³/mol. The van der Waals surface area contributed by atoms with Crippen LogP contribution in [0, 0.1) is 0 Å². The first-order valence-electron chi connectivity index (χ1n) is 15.1. The van der Waals surface area contributed by atoms with E-state index in [1.165, 1.54) is 47.6 Å². The average molecular weight is 586 g/mol. The third-order valence-electron chi connectivity index (χ3n) is 7.70. The third kappa shape index (κ3) is 8.10. The molecule has 0 saturated carbocycles. The van der Waals surface area contributed by atoms with Gasteiger partial charge in [-0.25, -0.2) is 0 Å². The Labute approximate surface area is 249 Å². The van der Waals surface area contributed by atoms with Gasteiger partial charge in [0, 0.05) is 12.7 Å². The lowest BCUT2D eigenvalue weighted by Gasteiger charge is -2.29. The second kappa shape index (κ2) is 15.4. The molecule has 0 atom stereocenters. The fourth-order valence-electron chi connectivity index (χ4n) is 5.71. The number of unbranched alkanes of at least 4 members (excludes halogenated alkanes) is 5. The van der Waals surface area contributed by atoms with Crippen LogP contribution in [0.2, 0.25) is 19.1 Å². The molecule has 0 fully saturated rings. The first-order valence-corrected chi connectivity index (χ1v) is 20.0. The van der Waals surface area contributed by atoms with Crippen LogP contribution in [0.15, 0.2) is 109 Å². The molecule has 216 valence electrons. The van der Waals surface area contributed by atoms with Crippen LogP contribution in [0.5, 0.6) is 11.5 Å². The zero-order chi connectivity index (χ0) is 29.0. The van der Waals surface area contributed by atoms with E-state index in [-0.39, 0.29) is 5.75 Å². The first kappa shape index (κ1) is 31.0. The number of benzene rings is 4. The number of hydrogen-bond acceptors (Lipinski definition) is 3. The quantitative estimate of drug-likeness (QED) is 0.0823. The highest BCUT2D eigenvalue weighted by Gasteiger charge is 2.50. The lowest BCUT2D eigenvalue weighted by molar-refractivity contribution is 0.306. The molecule has 5 heteroatoms. The number of hydrogen-bond donors (Lipinski definition) is 1. The Balaban J connectivity index is 1.53. The molecule has 4 aromatic rings. The summed E-state index contributed by atoms with van der Waals surface area (Å²) in [5, 5.41) is 15.6. The molecule has 0 radical (unpaired) electrons. The van der Waals surface area contributed by atoms with E-state index >= 15 is 0 Å². The fourth-order valence-corrected chi connectivity index (χ4v) is 12.1. The highest BCUT2D eigenvalue weighted by Crippen LogP contribution is 2.56. The standard InChI is InChI=1S/C36H45O3PSi/c1-4-39-41(2,3)29-19-8-6-5-7-18-28-38-35-27-26-31(37)30-36(35)40(32-20-12-9-13-21-32,33-22-14-10-15-23-33)34-24-16-11-17-25-34/h9-17,20-27,30H,4-8,18-19,28-29H2,1-3H3/p+1. The van der Waals surface area contributed by atoms with Gasteiger partial charge in [-0.15, -0.1) is 0 Å². The van der Waals surface area contributed by atoms with Crippen LogP contribution in [0.4, 0.5) is 0 Å². The fraction of sp³-hybridized carbons (Fsp3) is 0.333. The number of phenols is 1. The number of rotatable bonds is 16. The van der Waals surface area contributed by atoms with Crippen molar-refractivity contribution in [2.75, 3.05) is 13.2 Å². The number of phenolic OH excluding ortho intramolecular Hbond substituents is 1. The highest BCUT2D eigenvalue weighted by molar-refractivity contribution is 8.01. The van der Waals surface area contributed by atoms with E-state index in [0.29, 0.717) is 6.61 Å². The van der Waals surface area contributed by atoms with Crippen molar-refractivity contribution < 1.29 is 14.3 Å². The normalized spacial score (nSPS) is 11.9. The topological polar surface area (TPSA) is 38.7 Å². The van der Waals surface area contributed by atoms with Gasteiger partial charge in [-0.1, -0.05) is 86.7 Å². The zero-order valence-corrected chi connectivity index (χ0v) is 26.9. The summed E-state index contributed by atoms with van der Waals surface area (Å²) in [6.45, 7) is 8.27. The van der Waals surface area contributed by atoms with Crippen molar-refractivity contribution in [3.63, 3.8) is 0 Å². The molecular formula is C36H46O3PSi+. The van der Waals surface area contributed by atoms with E-state index in [1.54, 1.807) is 6.07 Å². The van der Waals surface area contributed by atoms with Crippen LogP contribution in [-0.2, 0) is 4.43 Å². The highest BCUT2D eigenvalue weighted by atomic mass is 31.2. The van der Waals surface area contributed by atoms with Crippen molar-refractivity contribution in [2.45, 2.75) is 64.6 Å². The maximum absolute atomic E-state index is 10.8. The molecule has 0 aliphatic heterocycles. The van der Waals surface area contributed by atoms with Gasteiger partial charge in [-0.2, -0.15) is 0 Å². The molecule has 0 amide bonds. The Morgan fingerprint density at radius 3 is 1.63 bits per heavy atom. The Morgan fingerprint density at radius 1 is 0.634 bits per heavy atom. The van der Waals surface area contributed by atoms with E-state index in [4.69, 9.17) is 9.16 Å². The summed E-state index contributed by atoms with van der Waals surface area (Å²) >= 11 is 0. The van der Waals surface area contributed by atoms with Gasteiger partial charge >= 0.3 is 0 Å². The smallest absolute Gasteiger partial charge is 0.186 e. The predicted octanol–water partition coefficient (Wildman–Crippen LogP) is 7.97. The molecule has 1 N–H and O–H groups in total. The van der Waals surface area contributed by atoms with Crippen LogP contribution in [-0.4, -0.2) is 26.6 Å². The summed E-state index contributed by atoms with van der Waals surface area (Å²) in [7, 11) is -3.81. The number of aromatic hydroxyl groups is 1. The molecule has 0 aliphatic rings. The van der Waals surface area contributed by atoms with Gasteiger partial charge in [0.25, 0.3) is 0 Å². The van der Waals surface area contributed by atoms with Crippen molar-refractivity contribution in [3.8, 4) is 11.5 Å². The van der Waals surface area contributed by atoms with Crippen LogP contribution in [0.3, 0.4) is 0 Å². The molecule has 41 heavy (non-hydrogen) atoms. The van der Waals surface area contributed by atoms with Gasteiger partial charge in [0.1, 0.15) is 28.9 Å². The maximum atomic E-state index is 10.8. The van der Waals surface area contributed by atoms with Gasteiger partial charge < -0.3 is 14.3 Å². The van der Waals surface area contributed by atoms with Crippen LogP contribution in [0.1, 0.15) is 45.4 Å². The van der Waals surface area contributed by atoms with E-state index in [9.17, 15) is 5.11 Å². The third-order valence-corrected chi connectivity index (χ3v) is 14.6. The Bertz CT molecular complexity index is 1220. The minimum Gasteiger partial charge on any atom is -0.508 e. The second-order valence-corrected chi connectivity index (χ2v) is 18.9. The first-order chi connectivity index (χ1) is 20.0. The molecule has 0 bridgehead atoms. The summed E-state index contributed by atoms with van der Waals surface area (Å²) in [6.07, 6.45) is 7.24. The molecule has 0 heterocycles. The molecule has 0 aromatic heterocycles. The molecule has 0 saturated heterocycles. The van der Waals surface area contributed by atoms with Gasteiger partial charge in [0.15, 0.2) is 19.4 Å². The molecule has 4 rings (SSSR count). The second-order valence-electron chi connectivity index (χ2n) is 11.2. The Kier molecular flexibility index (Phi) is 11.6. The summed E-state index contributed by atoms with van der Waals surface area (Å²) < 4.78 is 12.5. The Morgan fingerprint density at radius 2 is 1.12 bits per heavy atom.